The molecule has 0 fully saturated rings. The van der Waals surface area contributed by atoms with Crippen molar-refractivity contribution >= 4 is 13.7 Å². The van der Waals surface area contributed by atoms with Crippen molar-refractivity contribution in [3.8, 4) is 0 Å². The average Bonchev–Trinajstić information content (AvgIpc) is 2.32. The maximum Gasteiger partial charge on any atom is 0.408 e. The van der Waals surface area contributed by atoms with Crippen LogP contribution in [-0.4, -0.2) is 30.7 Å². The topological polar surface area (TPSA) is 73.9 Å². The molecule has 124 valence electrons. The van der Waals surface area contributed by atoms with Gasteiger partial charge in [-0.1, -0.05) is 19.1 Å². The first-order valence-electron chi connectivity index (χ1n) is 7.23. The Morgan fingerprint density at radius 1 is 1.19 bits per heavy atom. The molecule has 0 bridgehead atoms. The standard InChI is InChI=1S/C14H28NO5P/c1-7-10-11-12(15-13(16)20-14(4,5)6)21(17,18-8-2)19-9-3/h10-12H,7-9H2,1-6H3,(H,15,16)/b11-10+/t12-/m1/s1. The lowest BCUT2D eigenvalue weighted by Gasteiger charge is -2.26. The summed E-state index contributed by atoms with van der Waals surface area (Å²) < 4.78 is 28.5. The predicted molar refractivity (Wildman–Crippen MR) is 83.4 cm³/mol. The molecule has 0 aromatic heterocycles. The molecule has 0 aliphatic carbocycles. The van der Waals surface area contributed by atoms with Gasteiger partial charge in [-0.25, -0.2) is 4.79 Å². The van der Waals surface area contributed by atoms with Crippen molar-refractivity contribution in [3.63, 3.8) is 0 Å². The number of nitrogens with one attached hydrogen (secondary N) is 1. The predicted octanol–water partition coefficient (Wildman–Crippen LogP) is 4.07. The van der Waals surface area contributed by atoms with Crippen LogP contribution in [0, 0.1) is 0 Å². The molecule has 0 radical (unpaired) electrons. The first kappa shape index (κ1) is 20.2. The first-order valence-corrected chi connectivity index (χ1v) is 8.84. The van der Waals surface area contributed by atoms with Crippen molar-refractivity contribution in [1.29, 1.82) is 0 Å². The number of amides is 1. The summed E-state index contributed by atoms with van der Waals surface area (Å²) in [6, 6.07) is 0. The van der Waals surface area contributed by atoms with Crippen LogP contribution in [0.15, 0.2) is 12.2 Å². The fourth-order valence-electron chi connectivity index (χ4n) is 1.48. The van der Waals surface area contributed by atoms with E-state index >= 15 is 0 Å². The summed E-state index contributed by atoms with van der Waals surface area (Å²) in [6.07, 6.45) is 3.50. The van der Waals surface area contributed by atoms with Crippen LogP contribution in [0.3, 0.4) is 0 Å². The third kappa shape index (κ3) is 8.24. The van der Waals surface area contributed by atoms with Gasteiger partial charge in [-0.3, -0.25) is 4.57 Å². The number of ether oxygens (including phenoxy) is 1. The SMILES string of the molecule is CC/C=C/[C@H](NC(=O)OC(C)(C)C)P(=O)(OCC)OCC. The summed E-state index contributed by atoms with van der Waals surface area (Å²) in [5, 5.41) is 2.56. The van der Waals surface area contributed by atoms with Gasteiger partial charge in [0.05, 0.1) is 13.2 Å². The number of hydrogen-bond acceptors (Lipinski definition) is 5. The van der Waals surface area contributed by atoms with Gasteiger partial charge >= 0.3 is 13.7 Å². The van der Waals surface area contributed by atoms with Crippen molar-refractivity contribution in [2.24, 2.45) is 0 Å². The molecule has 0 aromatic carbocycles. The molecule has 0 rings (SSSR count). The average molecular weight is 321 g/mol. The zero-order valence-electron chi connectivity index (χ0n) is 13.8. The van der Waals surface area contributed by atoms with Crippen LogP contribution in [0.4, 0.5) is 4.79 Å². The van der Waals surface area contributed by atoms with Gasteiger partial charge in [0, 0.05) is 0 Å². The monoisotopic (exact) mass is 321 g/mol. The maximum absolute atomic E-state index is 12.8. The largest absolute Gasteiger partial charge is 0.444 e. The summed E-state index contributed by atoms with van der Waals surface area (Å²) in [5.41, 5.74) is -0.635. The van der Waals surface area contributed by atoms with Gasteiger partial charge < -0.3 is 19.1 Å². The molecule has 0 aromatic rings. The lowest BCUT2D eigenvalue weighted by atomic mass is 10.2. The molecular weight excluding hydrogens is 293 g/mol. The highest BCUT2D eigenvalue weighted by Gasteiger charge is 2.36. The third-order valence-corrected chi connectivity index (χ3v) is 4.40. The Kier molecular flexibility index (Phi) is 8.86. The zero-order valence-corrected chi connectivity index (χ0v) is 14.7. The van der Waals surface area contributed by atoms with Crippen molar-refractivity contribution in [2.75, 3.05) is 13.2 Å². The summed E-state index contributed by atoms with van der Waals surface area (Å²) in [5.74, 6) is -0.868. The van der Waals surface area contributed by atoms with E-state index in [0.29, 0.717) is 0 Å². The van der Waals surface area contributed by atoms with Crippen LogP contribution >= 0.6 is 7.60 Å². The van der Waals surface area contributed by atoms with Crippen molar-refractivity contribution in [1.82, 2.24) is 5.32 Å². The number of alkyl carbamates (subject to hydrolysis) is 1. The van der Waals surface area contributed by atoms with Crippen LogP contribution < -0.4 is 5.32 Å². The number of rotatable bonds is 8. The van der Waals surface area contributed by atoms with Crippen LogP contribution in [0.2, 0.25) is 0 Å². The Hall–Kier alpha value is -0.840. The van der Waals surface area contributed by atoms with Crippen molar-refractivity contribution in [3.05, 3.63) is 12.2 Å². The van der Waals surface area contributed by atoms with Gasteiger partial charge in [0.2, 0.25) is 0 Å². The van der Waals surface area contributed by atoms with E-state index in [-0.39, 0.29) is 13.2 Å². The van der Waals surface area contributed by atoms with E-state index < -0.39 is 25.1 Å². The minimum atomic E-state index is -3.48. The van der Waals surface area contributed by atoms with E-state index in [1.54, 1.807) is 46.8 Å². The van der Waals surface area contributed by atoms with Crippen LogP contribution in [0.1, 0.15) is 48.0 Å². The maximum atomic E-state index is 12.8. The van der Waals surface area contributed by atoms with E-state index in [1.807, 2.05) is 6.92 Å². The fraction of sp³-hybridized carbons (Fsp3) is 0.786. The Morgan fingerprint density at radius 3 is 2.10 bits per heavy atom. The summed E-state index contributed by atoms with van der Waals surface area (Å²) in [7, 11) is -3.48. The van der Waals surface area contributed by atoms with E-state index in [0.717, 1.165) is 6.42 Å². The van der Waals surface area contributed by atoms with Crippen LogP contribution in [0.5, 0.6) is 0 Å². The molecule has 0 aliphatic heterocycles. The molecular formula is C14H28NO5P. The number of hydrogen-bond donors (Lipinski definition) is 1. The normalized spacial score (nSPS) is 14.2. The fourth-order valence-corrected chi connectivity index (χ4v) is 3.20. The Labute approximate surface area is 127 Å². The second-order valence-electron chi connectivity index (χ2n) is 5.30. The van der Waals surface area contributed by atoms with Gasteiger partial charge in [0.1, 0.15) is 5.60 Å². The number of allylic oxidation sites excluding steroid dienone is 1. The third-order valence-electron chi connectivity index (χ3n) is 2.18. The smallest absolute Gasteiger partial charge is 0.408 e. The molecule has 0 unspecified atom stereocenters. The minimum absolute atomic E-state index is 0.226. The van der Waals surface area contributed by atoms with E-state index in [9.17, 15) is 9.36 Å². The Bertz CT molecular complexity index is 379. The zero-order chi connectivity index (χ0) is 16.5. The highest BCUT2D eigenvalue weighted by molar-refractivity contribution is 7.54. The molecule has 0 saturated carbocycles. The second-order valence-corrected chi connectivity index (χ2v) is 7.46. The lowest BCUT2D eigenvalue weighted by Crippen LogP contribution is -2.38. The molecule has 0 saturated heterocycles. The number of carbonyl (C=O) groups excluding carboxylic acids is 1. The second kappa shape index (κ2) is 9.23. The molecule has 21 heavy (non-hydrogen) atoms. The van der Waals surface area contributed by atoms with E-state index in [2.05, 4.69) is 5.32 Å². The highest BCUT2D eigenvalue weighted by atomic mass is 31.2. The van der Waals surface area contributed by atoms with Gasteiger partial charge in [-0.15, -0.1) is 0 Å². The summed E-state index contributed by atoms with van der Waals surface area (Å²) in [6.45, 7) is 11.1. The quantitative estimate of drug-likeness (QED) is 0.539. The first-order chi connectivity index (χ1) is 9.68. The Morgan fingerprint density at radius 2 is 1.71 bits per heavy atom. The van der Waals surface area contributed by atoms with Crippen molar-refractivity contribution in [2.45, 2.75) is 59.3 Å². The minimum Gasteiger partial charge on any atom is -0.444 e. The van der Waals surface area contributed by atoms with Crippen LogP contribution in [0.25, 0.3) is 0 Å². The lowest BCUT2D eigenvalue weighted by molar-refractivity contribution is 0.0518. The molecule has 0 heterocycles. The van der Waals surface area contributed by atoms with E-state index in [4.69, 9.17) is 13.8 Å². The van der Waals surface area contributed by atoms with Crippen molar-refractivity contribution < 1.29 is 23.1 Å². The van der Waals surface area contributed by atoms with Crippen LogP contribution in [-0.2, 0) is 18.3 Å². The summed E-state index contributed by atoms with van der Waals surface area (Å²) >= 11 is 0. The molecule has 0 spiro atoms. The number of carbonyl (C=O) groups is 1. The van der Waals surface area contributed by atoms with Gasteiger partial charge in [0.25, 0.3) is 0 Å². The molecule has 0 aliphatic rings. The van der Waals surface area contributed by atoms with E-state index in [1.165, 1.54) is 0 Å². The highest BCUT2D eigenvalue weighted by Crippen LogP contribution is 2.52. The van der Waals surface area contributed by atoms with Gasteiger partial charge in [-0.2, -0.15) is 0 Å². The molecule has 7 heteroatoms. The molecule has 1 amide bonds. The van der Waals surface area contributed by atoms with Gasteiger partial charge in [0.15, 0.2) is 5.78 Å². The summed E-state index contributed by atoms with van der Waals surface area (Å²) in [4.78, 5) is 11.9. The molecule has 6 nitrogen and oxygen atoms in total. The Balaban J connectivity index is 5.13. The molecule has 1 atom stereocenters. The van der Waals surface area contributed by atoms with Gasteiger partial charge in [-0.05, 0) is 41.0 Å². The molecule has 1 N–H and O–H groups in total.